The Morgan fingerprint density at radius 1 is 0.864 bits per heavy atom. The topological polar surface area (TPSA) is 18.5 Å². The van der Waals surface area contributed by atoms with Gasteiger partial charge in [0.25, 0.3) is 0 Å². The molecule has 0 spiro atoms. The van der Waals surface area contributed by atoms with Crippen LogP contribution in [0, 0.1) is 0 Å². The molecule has 0 radical (unpaired) electrons. The van der Waals surface area contributed by atoms with Crippen molar-refractivity contribution in [3.8, 4) is 11.5 Å². The summed E-state index contributed by atoms with van der Waals surface area (Å²) in [7, 11) is 1.69. The molecule has 0 amide bonds. The molecule has 2 heteroatoms. The summed E-state index contributed by atoms with van der Waals surface area (Å²) in [6.07, 6.45) is 6.14. The van der Waals surface area contributed by atoms with Gasteiger partial charge >= 0.3 is 0 Å². The molecule has 2 aromatic carbocycles. The summed E-state index contributed by atoms with van der Waals surface area (Å²) in [6, 6.07) is 16.5. The molecule has 2 nitrogen and oxygen atoms in total. The average Bonchev–Trinajstić information content (AvgIpc) is 2.57. The lowest BCUT2D eigenvalue weighted by Gasteiger charge is -2.07. The van der Waals surface area contributed by atoms with E-state index in [9.17, 15) is 0 Å². The molecule has 0 saturated heterocycles. The van der Waals surface area contributed by atoms with Crippen molar-refractivity contribution in [1.29, 1.82) is 0 Å². The van der Waals surface area contributed by atoms with E-state index in [1.165, 1.54) is 11.1 Å². The zero-order chi connectivity index (χ0) is 15.6. The van der Waals surface area contributed by atoms with Gasteiger partial charge in [0.2, 0.25) is 0 Å². The fraction of sp³-hybridized carbons (Fsp3) is 0.300. The van der Waals surface area contributed by atoms with Crippen LogP contribution in [0.2, 0.25) is 0 Å². The van der Waals surface area contributed by atoms with Crippen molar-refractivity contribution in [1.82, 2.24) is 0 Å². The van der Waals surface area contributed by atoms with Gasteiger partial charge < -0.3 is 9.47 Å². The second-order valence-corrected chi connectivity index (χ2v) is 5.30. The second-order valence-electron chi connectivity index (χ2n) is 5.30. The Hall–Kier alpha value is -2.22. The van der Waals surface area contributed by atoms with E-state index in [1.807, 2.05) is 30.3 Å². The summed E-state index contributed by atoms with van der Waals surface area (Å²) in [4.78, 5) is 0. The highest BCUT2D eigenvalue weighted by Crippen LogP contribution is 2.18. The molecule has 0 bridgehead atoms. The van der Waals surface area contributed by atoms with Crippen molar-refractivity contribution >= 4 is 0 Å². The van der Waals surface area contributed by atoms with Crippen molar-refractivity contribution in [2.75, 3.05) is 13.7 Å². The first-order valence-electron chi connectivity index (χ1n) is 7.77. The van der Waals surface area contributed by atoms with Crippen LogP contribution in [-0.2, 0) is 6.42 Å². The third kappa shape index (κ3) is 5.28. The lowest BCUT2D eigenvalue weighted by atomic mass is 10.0. The van der Waals surface area contributed by atoms with Gasteiger partial charge in [-0.2, -0.15) is 0 Å². The second kappa shape index (κ2) is 8.93. The molecule has 0 aliphatic carbocycles. The van der Waals surface area contributed by atoms with E-state index in [4.69, 9.17) is 9.47 Å². The van der Waals surface area contributed by atoms with Crippen LogP contribution in [-0.4, -0.2) is 13.7 Å². The highest BCUT2D eigenvalue weighted by molar-refractivity contribution is 5.33. The molecule has 0 saturated carbocycles. The van der Waals surface area contributed by atoms with Crippen molar-refractivity contribution < 1.29 is 9.47 Å². The van der Waals surface area contributed by atoms with Gasteiger partial charge in [0.1, 0.15) is 11.5 Å². The standard InChI is InChI=1S/C20H24O2/c1-3-4-5-6-15-22-20-13-9-18(10-14-20)16-17-7-11-19(21-2)12-8-17/h3,7-14H,1,4-6,15-16H2,2H3. The zero-order valence-electron chi connectivity index (χ0n) is 13.3. The van der Waals surface area contributed by atoms with Crippen LogP contribution in [0.4, 0.5) is 0 Å². The molecule has 0 atom stereocenters. The van der Waals surface area contributed by atoms with Crippen molar-refractivity contribution in [2.24, 2.45) is 0 Å². The van der Waals surface area contributed by atoms with Crippen LogP contribution in [0.15, 0.2) is 61.2 Å². The summed E-state index contributed by atoms with van der Waals surface area (Å²) in [5.41, 5.74) is 2.56. The molecule has 0 aliphatic rings. The first-order valence-corrected chi connectivity index (χ1v) is 7.77. The van der Waals surface area contributed by atoms with Crippen LogP contribution in [0.3, 0.4) is 0 Å². The number of ether oxygens (including phenoxy) is 2. The van der Waals surface area contributed by atoms with Crippen molar-refractivity contribution in [2.45, 2.75) is 25.7 Å². The summed E-state index contributed by atoms with van der Waals surface area (Å²) >= 11 is 0. The Bertz CT molecular complexity index is 555. The summed E-state index contributed by atoms with van der Waals surface area (Å²) in [5, 5.41) is 0. The Morgan fingerprint density at radius 3 is 2.00 bits per heavy atom. The van der Waals surface area contributed by atoms with E-state index in [1.54, 1.807) is 7.11 Å². The predicted octanol–water partition coefficient (Wildman–Crippen LogP) is 5.02. The first-order chi connectivity index (χ1) is 10.8. The van der Waals surface area contributed by atoms with Gasteiger partial charge in [0, 0.05) is 0 Å². The van der Waals surface area contributed by atoms with Gasteiger partial charge in [-0.15, -0.1) is 6.58 Å². The van der Waals surface area contributed by atoms with Crippen LogP contribution < -0.4 is 9.47 Å². The molecule has 2 rings (SSSR count). The molecule has 0 N–H and O–H groups in total. The van der Waals surface area contributed by atoms with Crippen LogP contribution in [0.5, 0.6) is 11.5 Å². The minimum atomic E-state index is 0.770. The van der Waals surface area contributed by atoms with Gasteiger partial charge in [-0.25, -0.2) is 0 Å². The maximum atomic E-state index is 5.74. The van der Waals surface area contributed by atoms with E-state index < -0.39 is 0 Å². The Morgan fingerprint density at radius 2 is 1.45 bits per heavy atom. The van der Waals surface area contributed by atoms with E-state index in [2.05, 4.69) is 30.8 Å². The number of hydrogen-bond acceptors (Lipinski definition) is 2. The number of unbranched alkanes of at least 4 members (excludes halogenated alkanes) is 2. The third-order valence-corrected chi connectivity index (χ3v) is 3.56. The number of methoxy groups -OCH3 is 1. The quantitative estimate of drug-likeness (QED) is 0.478. The van der Waals surface area contributed by atoms with Crippen molar-refractivity contribution in [3.05, 3.63) is 72.3 Å². The lowest BCUT2D eigenvalue weighted by molar-refractivity contribution is 0.307. The summed E-state index contributed by atoms with van der Waals surface area (Å²) < 4.78 is 10.9. The number of benzene rings is 2. The smallest absolute Gasteiger partial charge is 0.119 e. The van der Waals surface area contributed by atoms with E-state index in [0.29, 0.717) is 0 Å². The Balaban J connectivity index is 1.81. The minimum absolute atomic E-state index is 0.770. The number of rotatable bonds is 9. The maximum absolute atomic E-state index is 5.74. The molecule has 22 heavy (non-hydrogen) atoms. The summed E-state index contributed by atoms with van der Waals surface area (Å²) in [6.45, 7) is 4.49. The van der Waals surface area contributed by atoms with Gasteiger partial charge in [-0.3, -0.25) is 0 Å². The zero-order valence-corrected chi connectivity index (χ0v) is 13.3. The lowest BCUT2D eigenvalue weighted by Crippen LogP contribution is -1.97. The molecule has 116 valence electrons. The minimum Gasteiger partial charge on any atom is -0.497 e. The van der Waals surface area contributed by atoms with E-state index >= 15 is 0 Å². The van der Waals surface area contributed by atoms with Crippen LogP contribution >= 0.6 is 0 Å². The molecule has 0 unspecified atom stereocenters. The highest BCUT2D eigenvalue weighted by atomic mass is 16.5. The fourth-order valence-corrected chi connectivity index (χ4v) is 2.26. The molecule has 0 aliphatic heterocycles. The van der Waals surface area contributed by atoms with Gasteiger partial charge in [-0.05, 0) is 61.1 Å². The monoisotopic (exact) mass is 296 g/mol. The Labute approximate surface area is 133 Å². The fourth-order valence-electron chi connectivity index (χ4n) is 2.26. The molecule has 0 aromatic heterocycles. The molecule has 0 heterocycles. The van der Waals surface area contributed by atoms with E-state index in [0.717, 1.165) is 43.8 Å². The van der Waals surface area contributed by atoms with Crippen molar-refractivity contribution in [3.63, 3.8) is 0 Å². The third-order valence-electron chi connectivity index (χ3n) is 3.56. The Kier molecular flexibility index (Phi) is 6.56. The molecule has 2 aromatic rings. The highest BCUT2D eigenvalue weighted by Gasteiger charge is 1.99. The van der Waals surface area contributed by atoms with E-state index in [-0.39, 0.29) is 0 Å². The SMILES string of the molecule is C=CCCCCOc1ccc(Cc2ccc(OC)cc2)cc1. The first kappa shape index (κ1) is 16.2. The van der Waals surface area contributed by atoms with Gasteiger partial charge in [0.05, 0.1) is 13.7 Å². The van der Waals surface area contributed by atoms with Crippen LogP contribution in [0.1, 0.15) is 30.4 Å². The largest absolute Gasteiger partial charge is 0.497 e. The molecule has 0 fully saturated rings. The summed E-state index contributed by atoms with van der Waals surface area (Å²) in [5.74, 6) is 1.83. The van der Waals surface area contributed by atoms with Gasteiger partial charge in [0.15, 0.2) is 0 Å². The molecular formula is C20H24O2. The number of hydrogen-bond donors (Lipinski definition) is 0. The molecular weight excluding hydrogens is 272 g/mol. The number of allylic oxidation sites excluding steroid dienone is 1. The average molecular weight is 296 g/mol. The van der Waals surface area contributed by atoms with Crippen LogP contribution in [0.25, 0.3) is 0 Å². The predicted molar refractivity (Wildman–Crippen MR) is 91.8 cm³/mol. The van der Waals surface area contributed by atoms with Gasteiger partial charge in [-0.1, -0.05) is 30.3 Å². The maximum Gasteiger partial charge on any atom is 0.119 e. The normalized spacial score (nSPS) is 10.2.